The lowest BCUT2D eigenvalue weighted by Crippen LogP contribution is -2.59. The molecule has 1 aliphatic heterocycles. The Morgan fingerprint density at radius 1 is 1.41 bits per heavy atom. The van der Waals surface area contributed by atoms with Crippen LogP contribution in [0.2, 0.25) is 0 Å². The average molecular weight is 262 g/mol. The minimum Gasteiger partial charge on any atom is -0.479 e. The molecule has 100 valence electrons. The number of hydrogen-bond donors (Lipinski definition) is 2. The first-order chi connectivity index (χ1) is 7.73. The zero-order chi connectivity index (χ0) is 13.3. The molecule has 1 aliphatic rings. The number of carbonyl (C=O) groups is 1. The summed E-state index contributed by atoms with van der Waals surface area (Å²) in [5, 5.41) is 19.0. The van der Waals surface area contributed by atoms with Gasteiger partial charge in [-0.25, -0.2) is 4.79 Å². The van der Waals surface area contributed by atoms with Crippen LogP contribution in [0.4, 0.5) is 0 Å². The summed E-state index contributed by atoms with van der Waals surface area (Å²) in [6, 6.07) is 0. The van der Waals surface area contributed by atoms with Crippen LogP contribution in [0.5, 0.6) is 0 Å². The zero-order valence-electron chi connectivity index (χ0n) is 10.9. The molecule has 3 atom stereocenters. The molecule has 0 aromatic rings. The van der Waals surface area contributed by atoms with E-state index in [4.69, 9.17) is 4.74 Å². The normalized spacial score (nSPS) is 31.8. The molecule has 0 aliphatic carbocycles. The molecule has 0 spiro atoms. The number of rotatable bonds is 4. The van der Waals surface area contributed by atoms with Gasteiger partial charge in [-0.3, -0.25) is 0 Å². The summed E-state index contributed by atoms with van der Waals surface area (Å²) in [5.41, 5.74) is -1.63. The maximum absolute atomic E-state index is 11.6. The van der Waals surface area contributed by atoms with Gasteiger partial charge in [0.15, 0.2) is 5.60 Å². The molecule has 17 heavy (non-hydrogen) atoms. The van der Waals surface area contributed by atoms with E-state index in [9.17, 15) is 15.0 Å². The van der Waals surface area contributed by atoms with Gasteiger partial charge in [-0.1, -0.05) is 13.8 Å². The Bertz CT molecular complexity index is 290. The molecule has 1 heterocycles. The molecular formula is C12H22O4S. The summed E-state index contributed by atoms with van der Waals surface area (Å²) in [6.07, 6.45) is -0.353. The van der Waals surface area contributed by atoms with Crippen molar-refractivity contribution in [1.82, 2.24) is 0 Å². The Labute approximate surface area is 107 Å². The second kappa shape index (κ2) is 5.16. The predicted octanol–water partition coefficient (Wildman–Crippen LogP) is 1.76. The van der Waals surface area contributed by atoms with Gasteiger partial charge in [-0.2, -0.15) is 11.8 Å². The van der Waals surface area contributed by atoms with E-state index in [1.807, 2.05) is 13.8 Å². The van der Waals surface area contributed by atoms with Crippen LogP contribution < -0.4 is 0 Å². The van der Waals surface area contributed by atoms with Crippen LogP contribution in [-0.4, -0.2) is 45.5 Å². The van der Waals surface area contributed by atoms with Gasteiger partial charge < -0.3 is 14.9 Å². The Balaban J connectivity index is 2.99. The van der Waals surface area contributed by atoms with Gasteiger partial charge >= 0.3 is 5.97 Å². The van der Waals surface area contributed by atoms with Gasteiger partial charge in [0.1, 0.15) is 0 Å². The number of carboxylic acid groups (broad SMARTS) is 1. The van der Waals surface area contributed by atoms with Gasteiger partial charge in [-0.05, 0) is 26.0 Å². The molecule has 3 unspecified atom stereocenters. The molecule has 0 aromatic carbocycles. The SMILES string of the molecule is CC(O)C(C)OC1(C(=O)O)CSCCC1(C)C. The summed E-state index contributed by atoms with van der Waals surface area (Å²) in [5.74, 6) is 0.461. The fourth-order valence-electron chi connectivity index (χ4n) is 1.95. The van der Waals surface area contributed by atoms with Crippen LogP contribution in [0.3, 0.4) is 0 Å². The van der Waals surface area contributed by atoms with Crippen molar-refractivity contribution in [3.05, 3.63) is 0 Å². The molecule has 0 radical (unpaired) electrons. The van der Waals surface area contributed by atoms with E-state index in [0.717, 1.165) is 12.2 Å². The highest BCUT2D eigenvalue weighted by atomic mass is 32.2. The number of aliphatic carboxylic acids is 1. The molecule has 1 fully saturated rings. The van der Waals surface area contributed by atoms with E-state index in [1.165, 1.54) is 0 Å². The van der Waals surface area contributed by atoms with Crippen molar-refractivity contribution >= 4 is 17.7 Å². The number of hydrogen-bond acceptors (Lipinski definition) is 4. The quantitative estimate of drug-likeness (QED) is 0.808. The summed E-state index contributed by atoms with van der Waals surface area (Å²) < 4.78 is 5.75. The van der Waals surface area contributed by atoms with E-state index in [0.29, 0.717) is 5.75 Å². The predicted molar refractivity (Wildman–Crippen MR) is 68.3 cm³/mol. The van der Waals surface area contributed by atoms with Gasteiger partial charge in [0, 0.05) is 11.2 Å². The Kier molecular flexibility index (Phi) is 4.49. The molecule has 5 heteroatoms. The first-order valence-electron chi connectivity index (χ1n) is 5.90. The van der Waals surface area contributed by atoms with Crippen LogP contribution in [-0.2, 0) is 9.53 Å². The molecule has 0 saturated carbocycles. The molecule has 0 bridgehead atoms. The second-order valence-electron chi connectivity index (χ2n) is 5.38. The first kappa shape index (κ1) is 14.8. The third-order valence-corrected chi connectivity index (χ3v) is 4.79. The number of aliphatic hydroxyl groups excluding tert-OH is 1. The molecule has 4 nitrogen and oxygen atoms in total. The van der Waals surface area contributed by atoms with Crippen molar-refractivity contribution in [2.45, 2.75) is 51.9 Å². The summed E-state index contributed by atoms with van der Waals surface area (Å²) in [7, 11) is 0. The fraction of sp³-hybridized carbons (Fsp3) is 0.917. The van der Waals surface area contributed by atoms with Crippen molar-refractivity contribution < 1.29 is 19.7 Å². The second-order valence-corrected chi connectivity index (χ2v) is 6.49. The van der Waals surface area contributed by atoms with Crippen LogP contribution in [0.15, 0.2) is 0 Å². The lowest BCUT2D eigenvalue weighted by Gasteiger charge is -2.47. The van der Waals surface area contributed by atoms with Gasteiger partial charge in [0.05, 0.1) is 12.2 Å². The van der Waals surface area contributed by atoms with Crippen LogP contribution in [0, 0.1) is 5.41 Å². The molecule has 2 N–H and O–H groups in total. The third kappa shape index (κ3) is 2.77. The van der Waals surface area contributed by atoms with Crippen molar-refractivity contribution in [3.63, 3.8) is 0 Å². The van der Waals surface area contributed by atoms with Crippen molar-refractivity contribution in [2.75, 3.05) is 11.5 Å². The highest BCUT2D eigenvalue weighted by Gasteiger charge is 2.55. The highest BCUT2D eigenvalue weighted by molar-refractivity contribution is 7.99. The van der Waals surface area contributed by atoms with Crippen LogP contribution >= 0.6 is 11.8 Å². The molecular weight excluding hydrogens is 240 g/mol. The summed E-state index contributed by atoms with van der Waals surface area (Å²) >= 11 is 1.60. The smallest absolute Gasteiger partial charge is 0.337 e. The van der Waals surface area contributed by atoms with Crippen molar-refractivity contribution in [3.8, 4) is 0 Å². The first-order valence-corrected chi connectivity index (χ1v) is 7.05. The molecule has 1 saturated heterocycles. The highest BCUT2D eigenvalue weighted by Crippen LogP contribution is 2.45. The average Bonchev–Trinajstić information content (AvgIpc) is 2.20. The fourth-order valence-corrected chi connectivity index (χ4v) is 3.62. The Morgan fingerprint density at radius 2 is 2.00 bits per heavy atom. The largest absolute Gasteiger partial charge is 0.479 e. The van der Waals surface area contributed by atoms with Gasteiger partial charge in [0.2, 0.25) is 0 Å². The summed E-state index contributed by atoms with van der Waals surface area (Å²) in [6.45, 7) is 7.18. The van der Waals surface area contributed by atoms with Crippen molar-refractivity contribution in [1.29, 1.82) is 0 Å². The van der Waals surface area contributed by atoms with E-state index < -0.39 is 29.2 Å². The van der Waals surface area contributed by atoms with Crippen LogP contribution in [0.25, 0.3) is 0 Å². The summed E-state index contributed by atoms with van der Waals surface area (Å²) in [4.78, 5) is 11.6. The van der Waals surface area contributed by atoms with E-state index in [2.05, 4.69) is 0 Å². The standard InChI is InChI=1S/C12H22O4S/c1-8(13)9(2)16-12(10(14)15)7-17-6-5-11(12,3)4/h8-9,13H,5-7H2,1-4H3,(H,14,15). The van der Waals surface area contributed by atoms with Gasteiger partial charge in [-0.15, -0.1) is 0 Å². The monoisotopic (exact) mass is 262 g/mol. The minimum absolute atomic E-state index is 0.423. The van der Waals surface area contributed by atoms with Crippen LogP contribution in [0.1, 0.15) is 34.1 Å². The molecule has 0 amide bonds. The number of carboxylic acids is 1. The Hall–Kier alpha value is -0.260. The maximum Gasteiger partial charge on any atom is 0.337 e. The topological polar surface area (TPSA) is 66.8 Å². The Morgan fingerprint density at radius 3 is 2.41 bits per heavy atom. The zero-order valence-corrected chi connectivity index (χ0v) is 11.7. The molecule has 1 rings (SSSR count). The van der Waals surface area contributed by atoms with E-state index in [1.54, 1.807) is 25.6 Å². The van der Waals surface area contributed by atoms with E-state index >= 15 is 0 Å². The number of aliphatic hydroxyl groups is 1. The number of ether oxygens (including phenoxy) is 1. The number of thioether (sulfide) groups is 1. The lowest BCUT2D eigenvalue weighted by molar-refractivity contribution is -0.199. The lowest BCUT2D eigenvalue weighted by atomic mass is 9.73. The third-order valence-electron chi connectivity index (χ3n) is 3.68. The maximum atomic E-state index is 11.6. The minimum atomic E-state index is -1.20. The van der Waals surface area contributed by atoms with Crippen molar-refractivity contribution in [2.24, 2.45) is 5.41 Å². The van der Waals surface area contributed by atoms with Gasteiger partial charge in [0.25, 0.3) is 0 Å². The molecule has 0 aromatic heterocycles. The van der Waals surface area contributed by atoms with E-state index in [-0.39, 0.29) is 0 Å².